The summed E-state index contributed by atoms with van der Waals surface area (Å²) in [6.07, 6.45) is 6.16. The van der Waals surface area contributed by atoms with Crippen molar-refractivity contribution in [2.75, 3.05) is 0 Å². The van der Waals surface area contributed by atoms with Gasteiger partial charge in [-0.1, -0.05) is 13.3 Å². The predicted molar refractivity (Wildman–Crippen MR) is 74.5 cm³/mol. The zero-order chi connectivity index (χ0) is 13.9. The Morgan fingerprint density at radius 2 is 1.84 bits per heavy atom. The van der Waals surface area contributed by atoms with Crippen LogP contribution in [-0.4, -0.2) is 14.5 Å². The normalized spacial score (nSPS) is 24.1. The molecular formula is C14H21NO3S. The van der Waals surface area contributed by atoms with E-state index in [-0.39, 0.29) is 11.0 Å². The summed E-state index contributed by atoms with van der Waals surface area (Å²) in [5.41, 5.74) is 0. The van der Waals surface area contributed by atoms with Gasteiger partial charge in [-0.2, -0.15) is 0 Å². The first-order chi connectivity index (χ1) is 9.00. The Morgan fingerprint density at radius 3 is 2.42 bits per heavy atom. The Balaban J connectivity index is 2.06. The van der Waals surface area contributed by atoms with Crippen LogP contribution in [0, 0.1) is 5.92 Å². The summed E-state index contributed by atoms with van der Waals surface area (Å²) in [5.74, 6) is 1.32. The van der Waals surface area contributed by atoms with Gasteiger partial charge < -0.3 is 4.74 Å². The number of hydrogen-bond acceptors (Lipinski definition) is 3. The third kappa shape index (κ3) is 3.70. The molecule has 4 nitrogen and oxygen atoms in total. The molecule has 1 aromatic carbocycles. The van der Waals surface area contributed by atoms with Crippen LogP contribution in [0.4, 0.5) is 0 Å². The van der Waals surface area contributed by atoms with Crippen molar-refractivity contribution in [2.45, 2.75) is 50.0 Å². The van der Waals surface area contributed by atoms with E-state index in [1.807, 2.05) is 0 Å². The minimum absolute atomic E-state index is 0.121. The Bertz CT molecular complexity index is 510. The fourth-order valence-corrected chi connectivity index (χ4v) is 3.19. The van der Waals surface area contributed by atoms with Crippen LogP contribution < -0.4 is 9.88 Å². The summed E-state index contributed by atoms with van der Waals surface area (Å²) in [5, 5.41) is 5.07. The lowest BCUT2D eigenvalue weighted by Crippen LogP contribution is -2.29. The minimum Gasteiger partial charge on any atom is -0.490 e. The summed E-state index contributed by atoms with van der Waals surface area (Å²) in [6.45, 7) is 2.19. The van der Waals surface area contributed by atoms with Crippen molar-refractivity contribution in [1.82, 2.24) is 0 Å². The van der Waals surface area contributed by atoms with Gasteiger partial charge in [0.05, 0.1) is 4.90 Å². The third-order valence-corrected chi connectivity index (χ3v) is 4.73. The van der Waals surface area contributed by atoms with Crippen LogP contribution in [0.25, 0.3) is 0 Å². The average molecular weight is 283 g/mol. The quantitative estimate of drug-likeness (QED) is 0.923. The summed E-state index contributed by atoms with van der Waals surface area (Å²) >= 11 is 0. The van der Waals surface area contributed by atoms with Crippen LogP contribution in [0.5, 0.6) is 5.75 Å². The van der Waals surface area contributed by atoms with E-state index in [9.17, 15) is 8.42 Å². The first-order valence-corrected chi connectivity index (χ1v) is 8.35. The van der Waals surface area contributed by atoms with E-state index in [4.69, 9.17) is 9.88 Å². The van der Waals surface area contributed by atoms with Crippen molar-refractivity contribution in [3.05, 3.63) is 24.3 Å². The first-order valence-electron chi connectivity index (χ1n) is 6.80. The lowest BCUT2D eigenvalue weighted by atomic mass is 9.85. The number of rotatable bonds is 4. The summed E-state index contributed by atoms with van der Waals surface area (Å²) in [7, 11) is -3.62. The van der Waals surface area contributed by atoms with Crippen molar-refractivity contribution in [3.63, 3.8) is 0 Å². The molecule has 0 spiro atoms. The van der Waals surface area contributed by atoms with E-state index in [0.29, 0.717) is 5.92 Å². The molecule has 0 bridgehead atoms. The lowest BCUT2D eigenvalue weighted by Gasteiger charge is -2.31. The van der Waals surface area contributed by atoms with Gasteiger partial charge in [-0.05, 0) is 55.9 Å². The average Bonchev–Trinajstić information content (AvgIpc) is 2.39. The maximum atomic E-state index is 11.2. The van der Waals surface area contributed by atoms with Crippen LogP contribution in [0.3, 0.4) is 0 Å². The monoisotopic (exact) mass is 283 g/mol. The first kappa shape index (κ1) is 14.3. The molecule has 0 aromatic heterocycles. The molecule has 106 valence electrons. The molecular weight excluding hydrogens is 262 g/mol. The van der Waals surface area contributed by atoms with E-state index < -0.39 is 10.0 Å². The summed E-state index contributed by atoms with van der Waals surface area (Å²) in [4.78, 5) is 0.121. The Hall–Kier alpha value is -1.07. The van der Waals surface area contributed by atoms with Gasteiger partial charge in [0.1, 0.15) is 11.9 Å². The zero-order valence-electron chi connectivity index (χ0n) is 11.2. The fraction of sp³-hybridized carbons (Fsp3) is 0.571. The Morgan fingerprint density at radius 1 is 1.21 bits per heavy atom. The molecule has 5 heteroatoms. The molecule has 1 fully saturated rings. The molecule has 0 heterocycles. The molecule has 1 aromatic rings. The third-order valence-electron chi connectivity index (χ3n) is 3.80. The van der Waals surface area contributed by atoms with Gasteiger partial charge in [0.15, 0.2) is 0 Å². The van der Waals surface area contributed by atoms with Crippen molar-refractivity contribution in [2.24, 2.45) is 11.1 Å². The van der Waals surface area contributed by atoms with E-state index in [2.05, 4.69) is 6.92 Å². The molecule has 0 saturated heterocycles. The standard InChI is InChI=1S/C14H21NO3S/c1-2-11-5-3-4-6-14(11)18-12-7-9-13(10-8-12)19(15,16)17/h7-11,14H,2-6H2,1H3,(H2,15,16,17). The number of nitrogens with two attached hydrogens (primary N) is 1. The highest BCUT2D eigenvalue weighted by atomic mass is 32.2. The van der Waals surface area contributed by atoms with Gasteiger partial charge in [0.2, 0.25) is 10.0 Å². The van der Waals surface area contributed by atoms with Gasteiger partial charge in [-0.25, -0.2) is 13.6 Å². The number of benzene rings is 1. The second kappa shape index (κ2) is 5.92. The summed E-state index contributed by atoms with van der Waals surface area (Å²) in [6, 6.07) is 6.35. The van der Waals surface area contributed by atoms with Crippen LogP contribution in [0.1, 0.15) is 39.0 Å². The number of sulfonamides is 1. The molecule has 2 unspecified atom stereocenters. The zero-order valence-corrected chi connectivity index (χ0v) is 12.0. The minimum atomic E-state index is -3.62. The van der Waals surface area contributed by atoms with E-state index in [1.165, 1.54) is 31.4 Å². The largest absolute Gasteiger partial charge is 0.490 e. The predicted octanol–water partition coefficient (Wildman–Crippen LogP) is 2.68. The highest BCUT2D eigenvalue weighted by molar-refractivity contribution is 7.89. The molecule has 19 heavy (non-hydrogen) atoms. The Labute approximate surface area is 115 Å². The molecule has 0 aliphatic heterocycles. The number of ether oxygens (including phenoxy) is 1. The van der Waals surface area contributed by atoms with Crippen LogP contribution in [-0.2, 0) is 10.0 Å². The van der Waals surface area contributed by atoms with Gasteiger partial charge in [0, 0.05) is 0 Å². The van der Waals surface area contributed by atoms with Crippen molar-refractivity contribution < 1.29 is 13.2 Å². The highest BCUT2D eigenvalue weighted by Gasteiger charge is 2.25. The van der Waals surface area contributed by atoms with E-state index >= 15 is 0 Å². The van der Waals surface area contributed by atoms with Crippen molar-refractivity contribution in [3.8, 4) is 5.75 Å². The molecule has 2 atom stereocenters. The van der Waals surface area contributed by atoms with Gasteiger partial charge in [-0.15, -0.1) is 0 Å². The summed E-state index contributed by atoms with van der Waals surface area (Å²) < 4.78 is 28.3. The number of hydrogen-bond donors (Lipinski definition) is 1. The van der Waals surface area contributed by atoms with Gasteiger partial charge in [-0.3, -0.25) is 0 Å². The second-order valence-corrected chi connectivity index (χ2v) is 6.69. The molecule has 1 aliphatic rings. The molecule has 1 saturated carbocycles. The smallest absolute Gasteiger partial charge is 0.238 e. The van der Waals surface area contributed by atoms with Crippen LogP contribution in [0.15, 0.2) is 29.2 Å². The fourth-order valence-electron chi connectivity index (χ4n) is 2.68. The maximum Gasteiger partial charge on any atom is 0.238 e. The number of primary sulfonamides is 1. The molecule has 0 amide bonds. The molecule has 2 N–H and O–H groups in total. The van der Waals surface area contributed by atoms with E-state index in [0.717, 1.165) is 18.6 Å². The van der Waals surface area contributed by atoms with Crippen molar-refractivity contribution >= 4 is 10.0 Å². The molecule has 0 radical (unpaired) electrons. The maximum absolute atomic E-state index is 11.2. The van der Waals surface area contributed by atoms with Crippen LogP contribution in [0.2, 0.25) is 0 Å². The topological polar surface area (TPSA) is 69.4 Å². The molecule has 2 rings (SSSR count). The highest BCUT2D eigenvalue weighted by Crippen LogP contribution is 2.30. The second-order valence-electron chi connectivity index (χ2n) is 5.13. The SMILES string of the molecule is CCC1CCCCC1Oc1ccc(S(N)(=O)=O)cc1. The lowest BCUT2D eigenvalue weighted by molar-refractivity contribution is 0.0903. The molecule has 1 aliphatic carbocycles. The Kier molecular flexibility index (Phi) is 4.47. The van der Waals surface area contributed by atoms with Gasteiger partial charge in [0.25, 0.3) is 0 Å². The van der Waals surface area contributed by atoms with Crippen molar-refractivity contribution in [1.29, 1.82) is 0 Å². The van der Waals surface area contributed by atoms with Gasteiger partial charge >= 0.3 is 0 Å². The van der Waals surface area contributed by atoms with E-state index in [1.54, 1.807) is 12.1 Å². The van der Waals surface area contributed by atoms with Crippen LogP contribution >= 0.6 is 0 Å².